The Labute approximate surface area is 98.8 Å². The maximum atomic E-state index is 11.9. The number of halogens is 1. The number of nitrogens with two attached hydrogens (primary N) is 1. The summed E-state index contributed by atoms with van der Waals surface area (Å²) < 4.78 is 0. The lowest BCUT2D eigenvalue weighted by Crippen LogP contribution is -2.33. The van der Waals surface area contributed by atoms with Crippen LogP contribution in [-0.2, 0) is 0 Å². The first-order valence-electron chi connectivity index (χ1n) is 4.76. The lowest BCUT2D eigenvalue weighted by Gasteiger charge is -2.19. The summed E-state index contributed by atoms with van der Waals surface area (Å²) in [6.45, 7) is 1.84. The summed E-state index contributed by atoms with van der Waals surface area (Å²) in [5, 5.41) is 9.43. The molecule has 0 saturated heterocycles. The molecule has 3 N–H and O–H groups in total. The van der Waals surface area contributed by atoms with Gasteiger partial charge in [0.05, 0.1) is 16.7 Å². The number of anilines is 1. The largest absolute Gasteiger partial charge is 0.392 e. The van der Waals surface area contributed by atoms with E-state index in [1.54, 1.807) is 14.0 Å². The van der Waals surface area contributed by atoms with Crippen molar-refractivity contribution >= 4 is 23.3 Å². The molecule has 0 saturated carbocycles. The quantitative estimate of drug-likeness (QED) is 0.822. The summed E-state index contributed by atoms with van der Waals surface area (Å²) in [4.78, 5) is 17.0. The molecule has 6 heteroatoms. The number of aromatic nitrogens is 1. The van der Waals surface area contributed by atoms with Crippen LogP contribution in [0.5, 0.6) is 0 Å². The van der Waals surface area contributed by atoms with E-state index in [0.717, 1.165) is 0 Å². The number of carbonyl (C=O) groups is 1. The molecule has 1 aromatic rings. The number of rotatable bonds is 3. The minimum absolute atomic E-state index is 0.234. The van der Waals surface area contributed by atoms with Crippen molar-refractivity contribution in [2.75, 3.05) is 19.3 Å². The Balaban J connectivity index is 2.91. The van der Waals surface area contributed by atoms with Gasteiger partial charge in [-0.1, -0.05) is 11.6 Å². The fourth-order valence-corrected chi connectivity index (χ4v) is 1.49. The summed E-state index contributed by atoms with van der Waals surface area (Å²) in [6, 6.07) is 1.42. The summed E-state index contributed by atoms with van der Waals surface area (Å²) >= 11 is 5.84. The predicted octanol–water partition coefficient (Wildman–Crippen LogP) is 0.770. The normalized spacial score (nSPS) is 12.2. The minimum Gasteiger partial charge on any atom is -0.392 e. The fourth-order valence-electron chi connectivity index (χ4n) is 1.30. The van der Waals surface area contributed by atoms with Crippen molar-refractivity contribution in [1.82, 2.24) is 9.88 Å². The first-order valence-corrected chi connectivity index (χ1v) is 5.14. The molecule has 0 bridgehead atoms. The van der Waals surface area contributed by atoms with E-state index in [4.69, 9.17) is 17.3 Å². The Morgan fingerprint density at radius 2 is 2.38 bits per heavy atom. The number of aliphatic hydroxyl groups excluding tert-OH is 1. The van der Waals surface area contributed by atoms with E-state index in [2.05, 4.69) is 4.98 Å². The highest BCUT2D eigenvalue weighted by Gasteiger charge is 2.16. The molecule has 0 aliphatic rings. The van der Waals surface area contributed by atoms with Crippen molar-refractivity contribution in [2.24, 2.45) is 0 Å². The molecule has 1 unspecified atom stereocenters. The second-order valence-electron chi connectivity index (χ2n) is 3.62. The van der Waals surface area contributed by atoms with Gasteiger partial charge in [-0.15, -0.1) is 0 Å². The Hall–Kier alpha value is -1.33. The second kappa shape index (κ2) is 5.14. The third kappa shape index (κ3) is 3.08. The molecule has 0 aliphatic heterocycles. The number of nitrogen functional groups attached to an aromatic ring is 1. The minimum atomic E-state index is -0.591. The molecule has 5 nitrogen and oxygen atoms in total. The Kier molecular flexibility index (Phi) is 4.09. The lowest BCUT2D eigenvalue weighted by molar-refractivity contribution is 0.0704. The van der Waals surface area contributed by atoms with Crippen LogP contribution in [-0.4, -0.2) is 40.6 Å². The molecule has 0 spiro atoms. The van der Waals surface area contributed by atoms with Gasteiger partial charge in [-0.25, -0.2) is 4.98 Å². The van der Waals surface area contributed by atoms with E-state index in [1.165, 1.54) is 17.2 Å². The fraction of sp³-hybridized carbons (Fsp3) is 0.400. The van der Waals surface area contributed by atoms with Gasteiger partial charge < -0.3 is 15.7 Å². The van der Waals surface area contributed by atoms with Crippen molar-refractivity contribution < 1.29 is 9.90 Å². The number of hydrogen-bond acceptors (Lipinski definition) is 4. The van der Waals surface area contributed by atoms with Gasteiger partial charge in [0.2, 0.25) is 0 Å². The van der Waals surface area contributed by atoms with Crippen molar-refractivity contribution in [3.05, 3.63) is 22.8 Å². The number of amides is 1. The van der Waals surface area contributed by atoms with Gasteiger partial charge in [-0.3, -0.25) is 4.79 Å². The summed E-state index contributed by atoms with van der Waals surface area (Å²) in [5.41, 5.74) is 5.77. The summed E-state index contributed by atoms with van der Waals surface area (Å²) in [5.74, 6) is -0.0572. The first kappa shape index (κ1) is 12.7. The molecule has 0 radical (unpaired) electrons. The van der Waals surface area contributed by atoms with Gasteiger partial charge in [-0.05, 0) is 13.0 Å². The maximum absolute atomic E-state index is 11.9. The van der Waals surface area contributed by atoms with Gasteiger partial charge in [0.15, 0.2) is 0 Å². The van der Waals surface area contributed by atoms with Crippen molar-refractivity contribution in [2.45, 2.75) is 13.0 Å². The molecule has 1 rings (SSSR count). The van der Waals surface area contributed by atoms with Crippen molar-refractivity contribution in [1.29, 1.82) is 0 Å². The smallest absolute Gasteiger partial charge is 0.255 e. The molecule has 1 aromatic heterocycles. The average Bonchev–Trinajstić information content (AvgIpc) is 2.19. The van der Waals surface area contributed by atoms with Gasteiger partial charge in [0.1, 0.15) is 5.82 Å². The molecule has 16 heavy (non-hydrogen) atoms. The van der Waals surface area contributed by atoms with Crippen LogP contribution in [0.2, 0.25) is 5.02 Å². The van der Waals surface area contributed by atoms with Crippen LogP contribution in [0.15, 0.2) is 12.3 Å². The summed E-state index contributed by atoms with van der Waals surface area (Å²) in [7, 11) is 1.59. The van der Waals surface area contributed by atoms with Crippen LogP contribution in [0.3, 0.4) is 0 Å². The zero-order valence-corrected chi connectivity index (χ0v) is 9.90. The number of hydrogen-bond donors (Lipinski definition) is 2. The predicted molar refractivity (Wildman–Crippen MR) is 62.3 cm³/mol. The maximum Gasteiger partial charge on any atom is 0.255 e. The highest BCUT2D eigenvalue weighted by molar-refractivity contribution is 6.33. The zero-order valence-electron chi connectivity index (χ0n) is 9.14. The number of likely N-dealkylation sites (N-methyl/N-ethyl adjacent to an activating group) is 1. The van der Waals surface area contributed by atoms with E-state index in [-0.39, 0.29) is 28.9 Å². The van der Waals surface area contributed by atoms with E-state index in [9.17, 15) is 9.90 Å². The molecule has 0 aliphatic carbocycles. The van der Waals surface area contributed by atoms with Gasteiger partial charge in [-0.2, -0.15) is 0 Å². The number of aliphatic hydroxyl groups is 1. The van der Waals surface area contributed by atoms with Crippen LogP contribution in [0.4, 0.5) is 5.82 Å². The Morgan fingerprint density at radius 3 is 2.94 bits per heavy atom. The number of pyridine rings is 1. The topological polar surface area (TPSA) is 79.5 Å². The van der Waals surface area contributed by atoms with Crippen LogP contribution >= 0.6 is 11.6 Å². The third-order valence-electron chi connectivity index (χ3n) is 1.99. The molecule has 88 valence electrons. The van der Waals surface area contributed by atoms with E-state index < -0.39 is 6.10 Å². The van der Waals surface area contributed by atoms with Crippen molar-refractivity contribution in [3.63, 3.8) is 0 Å². The molecule has 1 atom stereocenters. The Morgan fingerprint density at radius 1 is 1.75 bits per heavy atom. The van der Waals surface area contributed by atoms with Crippen LogP contribution in [0.1, 0.15) is 17.3 Å². The van der Waals surface area contributed by atoms with Gasteiger partial charge >= 0.3 is 0 Å². The number of nitrogens with zero attached hydrogens (tertiary/aromatic N) is 2. The third-order valence-corrected chi connectivity index (χ3v) is 2.29. The summed E-state index contributed by atoms with van der Waals surface area (Å²) in [6.07, 6.45) is 0.743. The first-order chi connectivity index (χ1) is 7.41. The highest BCUT2D eigenvalue weighted by Crippen LogP contribution is 2.18. The van der Waals surface area contributed by atoms with E-state index in [0.29, 0.717) is 0 Å². The monoisotopic (exact) mass is 243 g/mol. The molecule has 0 fully saturated rings. The lowest BCUT2D eigenvalue weighted by atomic mass is 10.2. The van der Waals surface area contributed by atoms with E-state index >= 15 is 0 Å². The standard InChI is InChI=1S/C10H14ClN3O2/c1-6(15)5-14(2)10(16)7-3-9(12)13-4-8(7)11/h3-4,6,15H,5H2,1-2H3,(H2,12,13). The molecule has 1 amide bonds. The highest BCUT2D eigenvalue weighted by atomic mass is 35.5. The zero-order chi connectivity index (χ0) is 12.3. The average molecular weight is 244 g/mol. The van der Waals surface area contributed by atoms with Crippen LogP contribution < -0.4 is 5.73 Å². The SMILES string of the molecule is CC(O)CN(C)C(=O)c1cc(N)ncc1Cl. The molecular weight excluding hydrogens is 230 g/mol. The van der Waals surface area contributed by atoms with E-state index in [1.807, 2.05) is 0 Å². The molecular formula is C10H14ClN3O2. The van der Waals surface area contributed by atoms with Crippen molar-refractivity contribution in [3.8, 4) is 0 Å². The van der Waals surface area contributed by atoms with Gasteiger partial charge in [0, 0.05) is 19.8 Å². The van der Waals surface area contributed by atoms with Gasteiger partial charge in [0.25, 0.3) is 5.91 Å². The van der Waals surface area contributed by atoms with Crippen LogP contribution in [0, 0.1) is 0 Å². The molecule has 1 heterocycles. The number of carbonyl (C=O) groups excluding carboxylic acids is 1. The van der Waals surface area contributed by atoms with Crippen LogP contribution in [0.25, 0.3) is 0 Å². The molecule has 0 aromatic carbocycles. The Bertz CT molecular complexity index is 396. The second-order valence-corrected chi connectivity index (χ2v) is 4.03.